The second kappa shape index (κ2) is 6.52. The van der Waals surface area contributed by atoms with Crippen LogP contribution in [0.1, 0.15) is 40.6 Å². The Bertz CT molecular complexity index is 820. The normalized spacial score (nSPS) is 10.5. The topological polar surface area (TPSA) is 0 Å². The van der Waals surface area contributed by atoms with E-state index in [4.69, 9.17) is 0 Å². The molecule has 0 nitrogen and oxygen atoms in total. The summed E-state index contributed by atoms with van der Waals surface area (Å²) in [6, 6.07) is 17.2. The average molecular weight is 322 g/mol. The van der Waals surface area contributed by atoms with Crippen molar-refractivity contribution >= 4 is 22.7 Å². The molecule has 2 heterocycles. The number of aryl methyl sites for hydroxylation is 1. The van der Waals surface area contributed by atoms with Gasteiger partial charge < -0.3 is 0 Å². The molecule has 0 saturated carbocycles. The van der Waals surface area contributed by atoms with Crippen LogP contribution < -0.4 is 0 Å². The van der Waals surface area contributed by atoms with Crippen molar-refractivity contribution in [3.05, 3.63) is 69.4 Å². The van der Waals surface area contributed by atoms with Gasteiger partial charge in [-0.2, -0.15) is 0 Å². The van der Waals surface area contributed by atoms with Gasteiger partial charge in [-0.05, 0) is 54.8 Å². The van der Waals surface area contributed by atoms with Gasteiger partial charge in [-0.15, -0.1) is 22.7 Å². The summed E-state index contributed by atoms with van der Waals surface area (Å²) < 4.78 is 0. The smallest absolute Gasteiger partial charge is 0.0779 e. The Morgan fingerprint density at radius 3 is 2.09 bits per heavy atom. The maximum atomic E-state index is 3.28. The van der Waals surface area contributed by atoms with Crippen LogP contribution in [0, 0.1) is 18.8 Å². The highest BCUT2D eigenvalue weighted by Crippen LogP contribution is 2.33. The molecule has 0 aliphatic carbocycles. The van der Waals surface area contributed by atoms with Crippen molar-refractivity contribution < 1.29 is 0 Å². The first kappa shape index (κ1) is 15.1. The van der Waals surface area contributed by atoms with Gasteiger partial charge in [0.1, 0.15) is 0 Å². The molecule has 0 spiro atoms. The van der Waals surface area contributed by atoms with Crippen molar-refractivity contribution in [3.63, 3.8) is 0 Å². The van der Waals surface area contributed by atoms with E-state index in [0.29, 0.717) is 5.92 Å². The van der Waals surface area contributed by atoms with Gasteiger partial charge in [0.05, 0.1) is 4.88 Å². The molecule has 0 N–H and O–H groups in total. The zero-order valence-corrected chi connectivity index (χ0v) is 14.6. The standard InChI is InChI=1S/C20H18S2/c1-14(2)17-8-5-16(6-9-17)7-10-18-11-13-20(22-18)19-12-4-15(3)21-19/h4-6,8-9,11-14H,1-3H3. The summed E-state index contributed by atoms with van der Waals surface area (Å²) >= 11 is 3.60. The van der Waals surface area contributed by atoms with E-state index in [1.807, 2.05) is 11.3 Å². The van der Waals surface area contributed by atoms with Gasteiger partial charge in [-0.3, -0.25) is 0 Å². The van der Waals surface area contributed by atoms with Gasteiger partial charge in [0.2, 0.25) is 0 Å². The summed E-state index contributed by atoms with van der Waals surface area (Å²) in [4.78, 5) is 5.10. The number of rotatable bonds is 2. The van der Waals surface area contributed by atoms with Crippen LogP contribution in [0.4, 0.5) is 0 Å². The third-order valence-corrected chi connectivity index (χ3v) is 5.69. The molecule has 0 saturated heterocycles. The summed E-state index contributed by atoms with van der Waals surface area (Å²) in [6.45, 7) is 6.56. The van der Waals surface area contributed by atoms with Gasteiger partial charge in [-0.25, -0.2) is 0 Å². The maximum absolute atomic E-state index is 3.28. The lowest BCUT2D eigenvalue weighted by Gasteiger charge is -2.03. The number of thiophene rings is 2. The Kier molecular flexibility index (Phi) is 4.47. The summed E-state index contributed by atoms with van der Waals surface area (Å²) in [5.74, 6) is 7.11. The van der Waals surface area contributed by atoms with Gasteiger partial charge in [0.25, 0.3) is 0 Å². The first-order valence-corrected chi connectivity index (χ1v) is 9.04. The zero-order chi connectivity index (χ0) is 15.5. The predicted octanol–water partition coefficient (Wildman–Crippen LogP) is 6.31. The lowest BCUT2D eigenvalue weighted by atomic mass is 10.0. The Hall–Kier alpha value is -1.82. The van der Waals surface area contributed by atoms with Crippen LogP contribution in [0.3, 0.4) is 0 Å². The molecular weight excluding hydrogens is 304 g/mol. The van der Waals surface area contributed by atoms with Gasteiger partial charge in [-0.1, -0.05) is 37.8 Å². The first-order valence-electron chi connectivity index (χ1n) is 7.40. The molecule has 2 heteroatoms. The van der Waals surface area contributed by atoms with Crippen LogP contribution >= 0.6 is 22.7 Å². The molecule has 0 unspecified atom stereocenters. The van der Waals surface area contributed by atoms with E-state index < -0.39 is 0 Å². The number of hydrogen-bond acceptors (Lipinski definition) is 2. The molecule has 3 aromatic rings. The van der Waals surface area contributed by atoms with E-state index in [2.05, 4.69) is 81.1 Å². The summed E-state index contributed by atoms with van der Waals surface area (Å²) in [7, 11) is 0. The van der Waals surface area contributed by atoms with E-state index in [0.717, 1.165) is 10.4 Å². The Labute approximate surface area is 140 Å². The fourth-order valence-electron chi connectivity index (χ4n) is 2.19. The fraction of sp³-hybridized carbons (Fsp3) is 0.200. The molecular formula is C20H18S2. The molecule has 0 atom stereocenters. The SMILES string of the molecule is Cc1ccc(-c2ccc(C#Cc3ccc(C(C)C)cc3)s2)s1. The lowest BCUT2D eigenvalue weighted by Crippen LogP contribution is -1.86. The molecule has 3 rings (SSSR count). The van der Waals surface area contributed by atoms with E-state index in [-0.39, 0.29) is 0 Å². The number of hydrogen-bond donors (Lipinski definition) is 0. The quantitative estimate of drug-likeness (QED) is 0.485. The molecule has 0 amide bonds. The van der Waals surface area contributed by atoms with Gasteiger partial charge >= 0.3 is 0 Å². The molecule has 0 bridgehead atoms. The minimum atomic E-state index is 0.566. The summed E-state index contributed by atoms with van der Waals surface area (Å²) in [5.41, 5.74) is 2.43. The van der Waals surface area contributed by atoms with Gasteiger partial charge in [0.15, 0.2) is 0 Å². The van der Waals surface area contributed by atoms with Crippen molar-refractivity contribution in [3.8, 4) is 21.6 Å². The third-order valence-electron chi connectivity index (χ3n) is 3.50. The maximum Gasteiger partial charge on any atom is 0.0779 e. The third kappa shape index (κ3) is 3.50. The Balaban J connectivity index is 1.78. The zero-order valence-electron chi connectivity index (χ0n) is 13.0. The van der Waals surface area contributed by atoms with Crippen molar-refractivity contribution in [2.24, 2.45) is 0 Å². The highest BCUT2D eigenvalue weighted by atomic mass is 32.1. The average Bonchev–Trinajstić information content (AvgIpc) is 3.14. The van der Waals surface area contributed by atoms with Crippen molar-refractivity contribution in [1.82, 2.24) is 0 Å². The molecule has 110 valence electrons. The van der Waals surface area contributed by atoms with Crippen molar-refractivity contribution in [2.45, 2.75) is 26.7 Å². The first-order chi connectivity index (χ1) is 10.6. The van der Waals surface area contributed by atoms with E-state index in [1.54, 1.807) is 11.3 Å². The molecule has 22 heavy (non-hydrogen) atoms. The Morgan fingerprint density at radius 2 is 1.45 bits per heavy atom. The highest BCUT2D eigenvalue weighted by molar-refractivity contribution is 7.22. The van der Waals surface area contributed by atoms with Crippen molar-refractivity contribution in [2.75, 3.05) is 0 Å². The van der Waals surface area contributed by atoms with Crippen LogP contribution in [0.25, 0.3) is 9.75 Å². The molecule has 2 aromatic heterocycles. The monoisotopic (exact) mass is 322 g/mol. The molecule has 0 aliphatic heterocycles. The minimum Gasteiger partial charge on any atom is -0.140 e. The van der Waals surface area contributed by atoms with Crippen LogP contribution in [-0.4, -0.2) is 0 Å². The number of benzene rings is 1. The predicted molar refractivity (Wildman–Crippen MR) is 98.9 cm³/mol. The van der Waals surface area contributed by atoms with Crippen LogP contribution in [0.5, 0.6) is 0 Å². The summed E-state index contributed by atoms with van der Waals surface area (Å²) in [6.07, 6.45) is 0. The fourth-order valence-corrected chi connectivity index (χ4v) is 4.01. The Morgan fingerprint density at radius 1 is 0.773 bits per heavy atom. The van der Waals surface area contributed by atoms with E-state index >= 15 is 0 Å². The lowest BCUT2D eigenvalue weighted by molar-refractivity contribution is 0.866. The van der Waals surface area contributed by atoms with Crippen LogP contribution in [0.2, 0.25) is 0 Å². The van der Waals surface area contributed by atoms with Crippen LogP contribution in [0.15, 0.2) is 48.5 Å². The second-order valence-electron chi connectivity index (χ2n) is 5.60. The van der Waals surface area contributed by atoms with Crippen LogP contribution in [-0.2, 0) is 0 Å². The van der Waals surface area contributed by atoms with E-state index in [1.165, 1.54) is 20.2 Å². The van der Waals surface area contributed by atoms with E-state index in [9.17, 15) is 0 Å². The molecule has 0 aliphatic rings. The van der Waals surface area contributed by atoms with Gasteiger partial charge in [0, 0.05) is 20.2 Å². The second-order valence-corrected chi connectivity index (χ2v) is 7.97. The highest BCUT2D eigenvalue weighted by Gasteiger charge is 2.03. The summed E-state index contributed by atoms with van der Waals surface area (Å²) in [5, 5.41) is 0. The molecule has 0 fully saturated rings. The largest absolute Gasteiger partial charge is 0.140 e. The van der Waals surface area contributed by atoms with Crippen molar-refractivity contribution in [1.29, 1.82) is 0 Å². The molecule has 0 radical (unpaired) electrons. The molecule has 1 aromatic carbocycles. The minimum absolute atomic E-state index is 0.566.